The molecule has 0 radical (unpaired) electrons. The summed E-state index contributed by atoms with van der Waals surface area (Å²) >= 11 is 4.68. The number of nitrogens with zero attached hydrogens (tertiary/aromatic N) is 1. The van der Waals surface area contributed by atoms with Gasteiger partial charge in [-0.15, -0.1) is 0 Å². The second kappa shape index (κ2) is 4.72. The van der Waals surface area contributed by atoms with Crippen molar-refractivity contribution >= 4 is 29.2 Å². The van der Waals surface area contributed by atoms with Gasteiger partial charge in [-0.25, -0.2) is 4.79 Å². The number of rotatable bonds is 4. The maximum Gasteiger partial charge on any atom is 0.331 e. The van der Waals surface area contributed by atoms with E-state index in [4.69, 9.17) is 5.11 Å². The predicted octanol–water partition coefficient (Wildman–Crippen LogP) is 1.58. The molecule has 0 saturated carbocycles. The van der Waals surface area contributed by atoms with Gasteiger partial charge >= 0.3 is 5.97 Å². The number of anilines is 1. The van der Waals surface area contributed by atoms with Gasteiger partial charge in [0, 0.05) is 18.1 Å². The lowest BCUT2D eigenvalue weighted by atomic mass is 10.2. The zero-order valence-corrected chi connectivity index (χ0v) is 8.57. The number of thiocarbonyl (C=S) groups is 1. The van der Waals surface area contributed by atoms with Gasteiger partial charge in [0.2, 0.25) is 0 Å². The summed E-state index contributed by atoms with van der Waals surface area (Å²) < 4.78 is 0. The Bertz CT molecular complexity index is 326. The summed E-state index contributed by atoms with van der Waals surface area (Å²) in [6.07, 6.45) is 0. The molecule has 0 aliphatic rings. The normalized spacial score (nSPS) is 11.8. The second-order valence-electron chi connectivity index (χ2n) is 2.87. The molecule has 0 bridgehead atoms. The van der Waals surface area contributed by atoms with E-state index >= 15 is 0 Å². The SMILES string of the molecule is CN(c1ccccc1)C(C=S)C(=O)O. The third-order valence-electron chi connectivity index (χ3n) is 1.96. The molecule has 74 valence electrons. The molecule has 1 atom stereocenters. The maximum atomic E-state index is 10.8. The summed E-state index contributed by atoms with van der Waals surface area (Å²) in [5.41, 5.74) is 0.834. The minimum atomic E-state index is -0.939. The highest BCUT2D eigenvalue weighted by atomic mass is 32.1. The van der Waals surface area contributed by atoms with E-state index in [1.54, 1.807) is 11.9 Å². The van der Waals surface area contributed by atoms with Crippen molar-refractivity contribution in [1.29, 1.82) is 0 Å². The summed E-state index contributed by atoms with van der Waals surface area (Å²) in [6.45, 7) is 0. The number of likely N-dealkylation sites (N-methyl/N-ethyl adjacent to an activating group) is 1. The largest absolute Gasteiger partial charge is 0.479 e. The van der Waals surface area contributed by atoms with Crippen molar-refractivity contribution in [3.8, 4) is 0 Å². The van der Waals surface area contributed by atoms with Gasteiger partial charge in [0.15, 0.2) is 6.04 Å². The van der Waals surface area contributed by atoms with Gasteiger partial charge in [-0.05, 0) is 12.1 Å². The molecule has 3 nitrogen and oxygen atoms in total. The minimum Gasteiger partial charge on any atom is -0.479 e. The average molecular weight is 209 g/mol. The second-order valence-corrected chi connectivity index (χ2v) is 3.14. The molecule has 1 unspecified atom stereocenters. The van der Waals surface area contributed by atoms with Gasteiger partial charge in [0.05, 0.1) is 0 Å². The molecular weight excluding hydrogens is 198 g/mol. The number of carbonyl (C=O) groups is 1. The highest BCUT2D eigenvalue weighted by Gasteiger charge is 2.19. The smallest absolute Gasteiger partial charge is 0.331 e. The van der Waals surface area contributed by atoms with E-state index in [0.717, 1.165) is 5.69 Å². The Balaban J connectivity index is 2.88. The zero-order chi connectivity index (χ0) is 10.6. The van der Waals surface area contributed by atoms with Crippen molar-refractivity contribution in [2.24, 2.45) is 0 Å². The van der Waals surface area contributed by atoms with Crippen LogP contribution in [-0.4, -0.2) is 29.5 Å². The molecule has 1 aromatic carbocycles. The first kappa shape index (κ1) is 10.7. The first-order valence-electron chi connectivity index (χ1n) is 4.13. The van der Waals surface area contributed by atoms with Crippen molar-refractivity contribution < 1.29 is 9.90 Å². The molecule has 0 aromatic heterocycles. The monoisotopic (exact) mass is 209 g/mol. The van der Waals surface area contributed by atoms with Gasteiger partial charge in [0.25, 0.3) is 0 Å². The molecule has 14 heavy (non-hydrogen) atoms. The number of para-hydroxylation sites is 1. The number of carboxylic acid groups (broad SMARTS) is 1. The Labute approximate surface area is 88.0 Å². The molecule has 0 aliphatic carbocycles. The highest BCUT2D eigenvalue weighted by molar-refractivity contribution is 7.79. The van der Waals surface area contributed by atoms with Crippen LogP contribution >= 0.6 is 12.2 Å². The van der Waals surface area contributed by atoms with Crippen molar-refractivity contribution in [3.05, 3.63) is 30.3 Å². The lowest BCUT2D eigenvalue weighted by molar-refractivity contribution is -0.136. The van der Waals surface area contributed by atoms with Crippen LogP contribution in [0.15, 0.2) is 30.3 Å². The Morgan fingerprint density at radius 2 is 2.07 bits per heavy atom. The Hall–Kier alpha value is -1.42. The van der Waals surface area contributed by atoms with Crippen LogP contribution in [0.5, 0.6) is 0 Å². The fourth-order valence-corrected chi connectivity index (χ4v) is 1.44. The van der Waals surface area contributed by atoms with Crippen LogP contribution in [0.25, 0.3) is 0 Å². The van der Waals surface area contributed by atoms with Gasteiger partial charge in [0.1, 0.15) is 0 Å². The highest BCUT2D eigenvalue weighted by Crippen LogP contribution is 2.13. The first-order chi connectivity index (χ1) is 6.66. The fourth-order valence-electron chi connectivity index (χ4n) is 1.14. The summed E-state index contributed by atoms with van der Waals surface area (Å²) in [5.74, 6) is -0.939. The molecule has 0 aliphatic heterocycles. The Morgan fingerprint density at radius 1 is 1.50 bits per heavy atom. The van der Waals surface area contributed by atoms with Crippen LogP contribution in [0.3, 0.4) is 0 Å². The molecule has 1 N–H and O–H groups in total. The Kier molecular flexibility index (Phi) is 3.59. The molecule has 4 heteroatoms. The average Bonchev–Trinajstić information content (AvgIpc) is 2.19. The van der Waals surface area contributed by atoms with E-state index < -0.39 is 12.0 Å². The van der Waals surface area contributed by atoms with Crippen molar-refractivity contribution in [3.63, 3.8) is 0 Å². The van der Waals surface area contributed by atoms with Crippen molar-refractivity contribution in [2.75, 3.05) is 11.9 Å². The molecule has 0 amide bonds. The van der Waals surface area contributed by atoms with Gasteiger partial charge in [-0.2, -0.15) is 0 Å². The molecule has 1 aromatic rings. The predicted molar refractivity (Wildman–Crippen MR) is 59.9 cm³/mol. The summed E-state index contributed by atoms with van der Waals surface area (Å²) in [7, 11) is 1.71. The molecular formula is C10H11NO2S. The van der Waals surface area contributed by atoms with E-state index in [9.17, 15) is 4.79 Å². The maximum absolute atomic E-state index is 10.8. The van der Waals surface area contributed by atoms with Gasteiger partial charge in [-0.3, -0.25) is 0 Å². The van der Waals surface area contributed by atoms with Crippen LogP contribution in [-0.2, 0) is 4.79 Å². The number of hydrogen-bond acceptors (Lipinski definition) is 3. The van der Waals surface area contributed by atoms with E-state index in [-0.39, 0.29) is 0 Å². The third-order valence-corrected chi connectivity index (χ3v) is 2.22. The molecule has 0 fully saturated rings. The van der Waals surface area contributed by atoms with E-state index in [2.05, 4.69) is 12.2 Å². The van der Waals surface area contributed by atoms with Crippen LogP contribution in [0.2, 0.25) is 0 Å². The summed E-state index contributed by atoms with van der Waals surface area (Å²) in [5, 5.41) is 10.1. The topological polar surface area (TPSA) is 40.5 Å². The standard InChI is InChI=1S/C10H11NO2S/c1-11(9(7-14)10(12)13)8-5-3-2-4-6-8/h2-7,9H,1H3,(H,12,13). The zero-order valence-electron chi connectivity index (χ0n) is 7.75. The van der Waals surface area contributed by atoms with Crippen LogP contribution in [0.4, 0.5) is 5.69 Å². The number of aliphatic carboxylic acids is 1. The molecule has 0 spiro atoms. The van der Waals surface area contributed by atoms with Gasteiger partial charge < -0.3 is 10.0 Å². The van der Waals surface area contributed by atoms with Crippen molar-refractivity contribution in [2.45, 2.75) is 6.04 Å². The molecule has 0 heterocycles. The number of hydrogen-bond donors (Lipinski definition) is 1. The van der Waals surface area contributed by atoms with Crippen LogP contribution in [0.1, 0.15) is 0 Å². The first-order valence-corrected chi connectivity index (χ1v) is 4.60. The lowest BCUT2D eigenvalue weighted by Crippen LogP contribution is -2.39. The molecule has 1 rings (SSSR count). The summed E-state index contributed by atoms with van der Waals surface area (Å²) in [6, 6.07) is 8.52. The number of benzene rings is 1. The minimum absolute atomic E-state index is 0.757. The summed E-state index contributed by atoms with van der Waals surface area (Å²) in [4.78, 5) is 12.4. The van der Waals surface area contributed by atoms with E-state index in [1.807, 2.05) is 30.3 Å². The van der Waals surface area contributed by atoms with Crippen LogP contribution in [0, 0.1) is 0 Å². The third kappa shape index (κ3) is 2.29. The molecule has 0 saturated heterocycles. The fraction of sp³-hybridized carbons (Fsp3) is 0.200. The Morgan fingerprint density at radius 3 is 2.50 bits per heavy atom. The van der Waals surface area contributed by atoms with E-state index in [1.165, 1.54) is 5.37 Å². The quantitative estimate of drug-likeness (QED) is 0.764. The van der Waals surface area contributed by atoms with Gasteiger partial charge in [-0.1, -0.05) is 30.4 Å². The lowest BCUT2D eigenvalue weighted by Gasteiger charge is -2.23. The van der Waals surface area contributed by atoms with Crippen LogP contribution < -0.4 is 4.90 Å². The van der Waals surface area contributed by atoms with Crippen molar-refractivity contribution in [1.82, 2.24) is 0 Å². The number of carboxylic acids is 1. The van der Waals surface area contributed by atoms with E-state index in [0.29, 0.717) is 0 Å².